The zero-order chi connectivity index (χ0) is 17.7. The number of benzene rings is 1. The van der Waals surface area contributed by atoms with Crippen LogP contribution in [0.3, 0.4) is 0 Å². The van der Waals surface area contributed by atoms with Gasteiger partial charge in [-0.25, -0.2) is 0 Å². The maximum atomic E-state index is 12.4. The van der Waals surface area contributed by atoms with Crippen LogP contribution in [0.4, 0.5) is 8.78 Å². The molecule has 0 amide bonds. The predicted octanol–water partition coefficient (Wildman–Crippen LogP) is 3.97. The molecule has 0 aliphatic carbocycles. The van der Waals surface area contributed by atoms with Crippen LogP contribution in [0.2, 0.25) is 5.02 Å². The minimum absolute atomic E-state index is 0.0666. The molecular formula is C16H15ClF2N2O3. The molecular weight excluding hydrogens is 342 g/mol. The number of hydrogen-bond donors (Lipinski definition) is 0. The molecule has 0 spiro atoms. The van der Waals surface area contributed by atoms with Gasteiger partial charge in [-0.1, -0.05) is 23.7 Å². The van der Waals surface area contributed by atoms with Crippen LogP contribution in [0.5, 0.6) is 11.5 Å². The van der Waals surface area contributed by atoms with Gasteiger partial charge in [0.2, 0.25) is 5.78 Å². The first-order valence-corrected chi connectivity index (χ1v) is 7.41. The number of ketones is 1. The highest BCUT2D eigenvalue weighted by atomic mass is 35.5. The van der Waals surface area contributed by atoms with Crippen molar-refractivity contribution in [2.75, 3.05) is 6.61 Å². The van der Waals surface area contributed by atoms with E-state index in [-0.39, 0.29) is 34.6 Å². The maximum absolute atomic E-state index is 12.4. The molecule has 128 valence electrons. The smallest absolute Gasteiger partial charge is 0.387 e. The summed E-state index contributed by atoms with van der Waals surface area (Å²) < 4.78 is 35.8. The van der Waals surface area contributed by atoms with Crippen LogP contribution < -0.4 is 9.47 Å². The number of halogens is 3. The summed E-state index contributed by atoms with van der Waals surface area (Å²) in [5.41, 5.74) is 0.721. The largest absolute Gasteiger partial charge is 0.490 e. The van der Waals surface area contributed by atoms with Crippen LogP contribution >= 0.6 is 11.6 Å². The monoisotopic (exact) mass is 356 g/mol. The van der Waals surface area contributed by atoms with Crippen molar-refractivity contribution in [3.63, 3.8) is 0 Å². The Morgan fingerprint density at radius 1 is 1.42 bits per heavy atom. The van der Waals surface area contributed by atoms with Crippen molar-refractivity contribution in [3.8, 4) is 11.5 Å². The molecule has 0 aliphatic rings. The predicted molar refractivity (Wildman–Crippen MR) is 85.8 cm³/mol. The van der Waals surface area contributed by atoms with Crippen molar-refractivity contribution in [1.82, 2.24) is 9.78 Å². The van der Waals surface area contributed by atoms with E-state index in [0.29, 0.717) is 5.56 Å². The van der Waals surface area contributed by atoms with Crippen LogP contribution in [0.1, 0.15) is 23.0 Å². The molecule has 8 heteroatoms. The van der Waals surface area contributed by atoms with E-state index < -0.39 is 6.61 Å². The van der Waals surface area contributed by atoms with Gasteiger partial charge in [0, 0.05) is 13.2 Å². The van der Waals surface area contributed by atoms with Gasteiger partial charge in [0.05, 0.1) is 11.6 Å². The van der Waals surface area contributed by atoms with Gasteiger partial charge in [-0.3, -0.25) is 9.48 Å². The minimum Gasteiger partial charge on any atom is -0.490 e. The molecule has 0 N–H and O–H groups in total. The van der Waals surface area contributed by atoms with E-state index in [1.54, 1.807) is 14.0 Å². The second-order valence-electron chi connectivity index (χ2n) is 4.71. The average Bonchev–Trinajstić information content (AvgIpc) is 2.85. The summed E-state index contributed by atoms with van der Waals surface area (Å²) in [7, 11) is 1.66. The molecule has 0 saturated heterocycles. The standard InChI is InChI=1S/C16H15ClF2N2O3/c1-3-23-14-8-10(5-7-13(14)24-16(18)19)4-6-12(22)15-11(17)9-21(2)20-15/h4-9,16H,3H2,1-2H3/b6-4+. The van der Waals surface area contributed by atoms with E-state index >= 15 is 0 Å². The van der Waals surface area contributed by atoms with E-state index in [4.69, 9.17) is 16.3 Å². The highest BCUT2D eigenvalue weighted by molar-refractivity contribution is 6.34. The quantitative estimate of drug-likeness (QED) is 0.556. The Morgan fingerprint density at radius 2 is 2.17 bits per heavy atom. The summed E-state index contributed by atoms with van der Waals surface area (Å²) in [4.78, 5) is 12.1. The first kappa shape index (κ1) is 17.9. The fourth-order valence-corrected chi connectivity index (χ4v) is 2.24. The number of alkyl halides is 2. The Bertz CT molecular complexity index is 760. The minimum atomic E-state index is -2.95. The summed E-state index contributed by atoms with van der Waals surface area (Å²) in [6, 6.07) is 4.39. The van der Waals surface area contributed by atoms with Gasteiger partial charge in [0.1, 0.15) is 0 Å². The van der Waals surface area contributed by atoms with Gasteiger partial charge in [-0.15, -0.1) is 0 Å². The number of rotatable bonds is 7. The zero-order valence-corrected chi connectivity index (χ0v) is 13.8. The number of aryl methyl sites for hydroxylation is 1. The van der Waals surface area contributed by atoms with Gasteiger partial charge >= 0.3 is 6.61 Å². The molecule has 1 aromatic carbocycles. The SMILES string of the molecule is CCOc1cc(/C=C/C(=O)c2nn(C)cc2Cl)ccc1OC(F)F. The average molecular weight is 357 g/mol. The third-order valence-electron chi connectivity index (χ3n) is 2.93. The molecule has 0 unspecified atom stereocenters. The molecule has 0 bridgehead atoms. The Morgan fingerprint density at radius 3 is 2.75 bits per heavy atom. The van der Waals surface area contributed by atoms with Gasteiger partial charge in [-0.2, -0.15) is 13.9 Å². The second-order valence-corrected chi connectivity index (χ2v) is 5.12. The van der Waals surface area contributed by atoms with Crippen LogP contribution in [-0.4, -0.2) is 28.8 Å². The topological polar surface area (TPSA) is 53.3 Å². The lowest BCUT2D eigenvalue weighted by molar-refractivity contribution is -0.0514. The molecule has 0 radical (unpaired) electrons. The van der Waals surface area contributed by atoms with Crippen LogP contribution in [-0.2, 0) is 7.05 Å². The molecule has 0 fully saturated rings. The summed E-state index contributed by atoms with van der Waals surface area (Å²) in [6.45, 7) is -0.935. The van der Waals surface area contributed by atoms with Crippen molar-refractivity contribution in [1.29, 1.82) is 0 Å². The molecule has 5 nitrogen and oxygen atoms in total. The van der Waals surface area contributed by atoms with Gasteiger partial charge in [0.15, 0.2) is 17.2 Å². The summed E-state index contributed by atoms with van der Waals surface area (Å²) in [6.07, 6.45) is 4.33. The molecule has 2 rings (SSSR count). The highest BCUT2D eigenvalue weighted by Crippen LogP contribution is 2.30. The molecule has 0 saturated carbocycles. The van der Waals surface area contributed by atoms with E-state index in [1.807, 2.05) is 0 Å². The van der Waals surface area contributed by atoms with Crippen molar-refractivity contribution in [3.05, 3.63) is 46.8 Å². The molecule has 0 atom stereocenters. The van der Waals surface area contributed by atoms with Crippen molar-refractivity contribution in [2.24, 2.45) is 7.05 Å². The number of hydrogen-bond acceptors (Lipinski definition) is 4. The number of nitrogens with zero attached hydrogens (tertiary/aromatic N) is 2. The number of carbonyl (C=O) groups excluding carboxylic acids is 1. The first-order chi connectivity index (χ1) is 11.4. The Hall–Kier alpha value is -2.41. The lowest BCUT2D eigenvalue weighted by Gasteiger charge is -2.11. The Balaban J connectivity index is 2.21. The van der Waals surface area contributed by atoms with E-state index in [0.717, 1.165) is 0 Å². The number of carbonyl (C=O) groups is 1. The number of allylic oxidation sites excluding steroid dienone is 1. The van der Waals surface area contributed by atoms with Crippen molar-refractivity contribution < 1.29 is 23.0 Å². The van der Waals surface area contributed by atoms with Crippen LogP contribution in [0.25, 0.3) is 6.08 Å². The summed E-state index contributed by atoms with van der Waals surface area (Å²) >= 11 is 5.91. The Labute approximate surface area is 142 Å². The lowest BCUT2D eigenvalue weighted by Crippen LogP contribution is -2.04. The summed E-state index contributed by atoms with van der Waals surface area (Å²) in [5, 5.41) is 4.22. The first-order valence-electron chi connectivity index (χ1n) is 7.04. The molecule has 0 aliphatic heterocycles. The molecule has 1 aromatic heterocycles. The number of aromatic nitrogens is 2. The van der Waals surface area contributed by atoms with E-state index in [1.165, 1.54) is 41.2 Å². The zero-order valence-electron chi connectivity index (χ0n) is 13.0. The van der Waals surface area contributed by atoms with Gasteiger partial charge in [0.25, 0.3) is 0 Å². The maximum Gasteiger partial charge on any atom is 0.387 e. The molecule has 2 aromatic rings. The van der Waals surface area contributed by atoms with E-state index in [9.17, 15) is 13.6 Å². The van der Waals surface area contributed by atoms with Crippen molar-refractivity contribution in [2.45, 2.75) is 13.5 Å². The molecule has 24 heavy (non-hydrogen) atoms. The van der Waals surface area contributed by atoms with Gasteiger partial charge in [-0.05, 0) is 30.7 Å². The lowest BCUT2D eigenvalue weighted by atomic mass is 10.1. The van der Waals surface area contributed by atoms with E-state index in [2.05, 4.69) is 9.84 Å². The fourth-order valence-electron chi connectivity index (χ4n) is 1.97. The van der Waals surface area contributed by atoms with Crippen molar-refractivity contribution >= 4 is 23.5 Å². The highest BCUT2D eigenvalue weighted by Gasteiger charge is 2.13. The molecule has 1 heterocycles. The van der Waals surface area contributed by atoms with Crippen LogP contribution in [0, 0.1) is 0 Å². The number of ether oxygens (including phenoxy) is 2. The second kappa shape index (κ2) is 7.92. The third-order valence-corrected chi connectivity index (χ3v) is 3.20. The Kier molecular flexibility index (Phi) is 5.92. The third kappa shape index (κ3) is 4.55. The normalized spacial score (nSPS) is 11.2. The van der Waals surface area contributed by atoms with Gasteiger partial charge < -0.3 is 9.47 Å². The summed E-state index contributed by atoms with van der Waals surface area (Å²) in [5.74, 6) is -0.266. The van der Waals surface area contributed by atoms with Crippen LogP contribution in [0.15, 0.2) is 30.5 Å². The fraction of sp³-hybridized carbons (Fsp3) is 0.250.